The number of halogens is 1. The minimum Gasteiger partial charge on any atom is -0.368 e. The molecule has 8 heteroatoms. The number of aromatic nitrogens is 2. The molecule has 0 bridgehead atoms. The Morgan fingerprint density at radius 2 is 1.71 bits per heavy atom. The van der Waals surface area contributed by atoms with E-state index in [-0.39, 0.29) is 11.8 Å². The average Bonchev–Trinajstić information content (AvgIpc) is 3.46. The van der Waals surface area contributed by atoms with Crippen LogP contribution in [0.2, 0.25) is 0 Å². The first-order valence-electron chi connectivity index (χ1n) is 11.5. The molecule has 2 aromatic carbocycles. The molecule has 1 aromatic heterocycles. The molecule has 2 aliphatic heterocycles. The second-order valence-electron chi connectivity index (χ2n) is 8.50. The van der Waals surface area contributed by atoms with Crippen molar-refractivity contribution in [2.24, 2.45) is 0 Å². The van der Waals surface area contributed by atoms with Gasteiger partial charge in [0.2, 0.25) is 0 Å². The van der Waals surface area contributed by atoms with Crippen LogP contribution in [-0.4, -0.2) is 70.7 Å². The van der Waals surface area contributed by atoms with E-state index in [2.05, 4.69) is 14.9 Å². The molecule has 0 spiro atoms. The van der Waals surface area contributed by atoms with E-state index in [9.17, 15) is 9.59 Å². The van der Waals surface area contributed by atoms with Gasteiger partial charge in [-0.1, -0.05) is 48.0 Å². The fourth-order valence-corrected chi connectivity index (χ4v) is 4.85. The minimum atomic E-state index is -0.231. The summed E-state index contributed by atoms with van der Waals surface area (Å²) in [5.74, 6) is -0.454. The van der Waals surface area contributed by atoms with Crippen molar-refractivity contribution < 1.29 is 9.59 Å². The minimum absolute atomic E-state index is 0.223. The molecular weight excluding hydrogens is 450 g/mol. The van der Waals surface area contributed by atoms with Crippen LogP contribution in [0, 0.1) is 0 Å². The Morgan fingerprint density at radius 3 is 2.44 bits per heavy atom. The van der Waals surface area contributed by atoms with E-state index in [0.29, 0.717) is 30.8 Å². The van der Waals surface area contributed by atoms with Crippen molar-refractivity contribution in [1.82, 2.24) is 19.6 Å². The van der Waals surface area contributed by atoms with E-state index in [1.165, 1.54) is 4.90 Å². The van der Waals surface area contributed by atoms with Crippen LogP contribution in [0.4, 0.5) is 5.69 Å². The third-order valence-electron chi connectivity index (χ3n) is 6.30. The van der Waals surface area contributed by atoms with Crippen molar-refractivity contribution in [2.75, 3.05) is 44.2 Å². The number of carbonyl (C=O) groups excluding carboxylic acids is 2. The summed E-state index contributed by atoms with van der Waals surface area (Å²) in [5.41, 5.74) is 2.93. The fourth-order valence-electron chi connectivity index (χ4n) is 4.55. The van der Waals surface area contributed by atoms with Gasteiger partial charge in [0, 0.05) is 56.7 Å². The molecule has 34 heavy (non-hydrogen) atoms. The Labute approximate surface area is 203 Å². The van der Waals surface area contributed by atoms with Crippen LogP contribution in [0.25, 0.3) is 6.08 Å². The number of hydrogen-bond acceptors (Lipinski definition) is 5. The molecule has 3 aromatic rings. The number of amides is 2. The third-order valence-corrected chi connectivity index (χ3v) is 6.53. The number of piperazine rings is 1. The first-order valence-corrected chi connectivity index (χ1v) is 11.8. The number of imide groups is 1. The Balaban J connectivity index is 1.24. The van der Waals surface area contributed by atoms with Gasteiger partial charge in [-0.15, -0.1) is 0 Å². The predicted molar refractivity (Wildman–Crippen MR) is 133 cm³/mol. The molecule has 0 aliphatic carbocycles. The van der Waals surface area contributed by atoms with Gasteiger partial charge in [0.05, 0.1) is 23.4 Å². The van der Waals surface area contributed by atoms with E-state index < -0.39 is 0 Å². The van der Waals surface area contributed by atoms with Gasteiger partial charge in [-0.3, -0.25) is 24.1 Å². The highest BCUT2D eigenvalue weighted by molar-refractivity contribution is 6.31. The van der Waals surface area contributed by atoms with Crippen molar-refractivity contribution in [3.8, 4) is 0 Å². The Hall–Kier alpha value is -3.42. The maximum Gasteiger partial charge on any atom is 0.263 e. The van der Waals surface area contributed by atoms with Crippen LogP contribution in [0.3, 0.4) is 0 Å². The number of anilines is 1. The summed E-state index contributed by atoms with van der Waals surface area (Å²) < 4.78 is 1.72. The summed E-state index contributed by atoms with van der Waals surface area (Å²) >= 11 is 6.51. The predicted octanol–water partition coefficient (Wildman–Crippen LogP) is 3.58. The van der Waals surface area contributed by atoms with Crippen molar-refractivity contribution in [1.29, 1.82) is 0 Å². The molecular formula is C26H26ClN5O2. The van der Waals surface area contributed by atoms with Crippen molar-refractivity contribution in [3.05, 3.63) is 88.7 Å². The van der Waals surface area contributed by atoms with Crippen LogP contribution >= 0.6 is 11.6 Å². The van der Waals surface area contributed by atoms with E-state index in [0.717, 1.165) is 42.5 Å². The zero-order chi connectivity index (χ0) is 23.5. The molecule has 0 atom stereocenters. The van der Waals surface area contributed by atoms with Gasteiger partial charge in [-0.2, -0.15) is 5.10 Å². The maximum absolute atomic E-state index is 13.2. The van der Waals surface area contributed by atoms with E-state index in [4.69, 9.17) is 11.6 Å². The molecule has 0 radical (unpaired) electrons. The number of hydrogen-bond donors (Lipinski definition) is 0. The Morgan fingerprint density at radius 1 is 0.912 bits per heavy atom. The lowest BCUT2D eigenvalue weighted by atomic mass is 10.1. The number of benzene rings is 2. The summed E-state index contributed by atoms with van der Waals surface area (Å²) in [5, 5.41) is 4.96. The molecule has 0 unspecified atom stereocenters. The maximum atomic E-state index is 13.2. The first kappa shape index (κ1) is 22.4. The second kappa shape index (κ2) is 9.83. The van der Waals surface area contributed by atoms with Gasteiger partial charge in [-0.25, -0.2) is 0 Å². The Kier molecular flexibility index (Phi) is 6.47. The Bertz CT molecular complexity index is 1200. The summed E-state index contributed by atoms with van der Waals surface area (Å²) in [6.07, 6.45) is 5.51. The lowest BCUT2D eigenvalue weighted by Gasteiger charge is -2.36. The van der Waals surface area contributed by atoms with Gasteiger partial charge in [0.25, 0.3) is 11.8 Å². The molecule has 1 fully saturated rings. The van der Waals surface area contributed by atoms with E-state index in [1.54, 1.807) is 16.9 Å². The van der Waals surface area contributed by atoms with Crippen LogP contribution in [0.5, 0.6) is 0 Å². The summed E-state index contributed by atoms with van der Waals surface area (Å²) in [6.45, 7) is 4.65. The molecule has 1 saturated heterocycles. The molecule has 2 amide bonds. The van der Waals surface area contributed by atoms with Gasteiger partial charge in [-0.05, 0) is 29.8 Å². The molecule has 2 aliphatic rings. The topological polar surface area (TPSA) is 61.7 Å². The van der Waals surface area contributed by atoms with Crippen LogP contribution in [0.15, 0.2) is 72.0 Å². The van der Waals surface area contributed by atoms with Crippen molar-refractivity contribution >= 4 is 35.2 Å². The van der Waals surface area contributed by atoms with Crippen LogP contribution in [-0.2, 0) is 6.54 Å². The molecule has 0 N–H and O–H groups in total. The molecule has 174 valence electrons. The second-order valence-corrected chi connectivity index (χ2v) is 8.98. The third kappa shape index (κ3) is 4.62. The summed E-state index contributed by atoms with van der Waals surface area (Å²) in [4.78, 5) is 32.0. The molecule has 3 heterocycles. The van der Waals surface area contributed by atoms with Gasteiger partial charge < -0.3 is 4.90 Å². The van der Waals surface area contributed by atoms with Gasteiger partial charge in [0.1, 0.15) is 0 Å². The zero-order valence-electron chi connectivity index (χ0n) is 18.8. The lowest BCUT2D eigenvalue weighted by molar-refractivity contribution is 0.0647. The van der Waals surface area contributed by atoms with Gasteiger partial charge in [0.15, 0.2) is 0 Å². The number of rotatable bonds is 7. The highest BCUT2D eigenvalue weighted by Gasteiger charge is 2.38. The number of nitrogens with zero attached hydrogens (tertiary/aromatic N) is 5. The SMILES string of the molecule is O=C1c2cccc(N3CCN(C/C(Cl)=C/c4ccccc4)CC3)c2C(=O)N1CCn1cccn1. The van der Waals surface area contributed by atoms with Crippen molar-refractivity contribution in [3.63, 3.8) is 0 Å². The van der Waals surface area contributed by atoms with Crippen molar-refractivity contribution in [2.45, 2.75) is 6.54 Å². The lowest BCUT2D eigenvalue weighted by Crippen LogP contribution is -2.47. The highest BCUT2D eigenvalue weighted by Crippen LogP contribution is 2.32. The van der Waals surface area contributed by atoms with E-state index >= 15 is 0 Å². The summed E-state index contributed by atoms with van der Waals surface area (Å²) in [6, 6.07) is 17.4. The number of carbonyl (C=O) groups is 2. The smallest absolute Gasteiger partial charge is 0.263 e. The van der Waals surface area contributed by atoms with E-state index in [1.807, 2.05) is 60.8 Å². The number of fused-ring (bicyclic) bond motifs is 1. The average molecular weight is 476 g/mol. The van der Waals surface area contributed by atoms with Gasteiger partial charge >= 0.3 is 0 Å². The van der Waals surface area contributed by atoms with Crippen LogP contribution in [0.1, 0.15) is 26.3 Å². The zero-order valence-corrected chi connectivity index (χ0v) is 19.6. The monoisotopic (exact) mass is 475 g/mol. The van der Waals surface area contributed by atoms with Crippen LogP contribution < -0.4 is 4.90 Å². The first-order chi connectivity index (χ1) is 16.6. The highest BCUT2D eigenvalue weighted by atomic mass is 35.5. The standard InChI is InChI=1S/C26H26ClN5O2/c27-21(18-20-6-2-1-3-7-20)19-29-12-14-30(15-13-29)23-9-4-8-22-24(23)26(34)32(25(22)33)17-16-31-11-5-10-28-31/h1-11,18H,12-17,19H2/b21-18-. The molecule has 0 saturated carbocycles. The normalized spacial score (nSPS) is 16.9. The largest absolute Gasteiger partial charge is 0.368 e. The molecule has 5 rings (SSSR count). The quantitative estimate of drug-likeness (QED) is 0.489. The molecule has 7 nitrogen and oxygen atoms in total. The fraction of sp³-hybridized carbons (Fsp3) is 0.269. The summed E-state index contributed by atoms with van der Waals surface area (Å²) in [7, 11) is 0.